The van der Waals surface area contributed by atoms with Gasteiger partial charge in [0, 0.05) is 10.6 Å². The van der Waals surface area contributed by atoms with Crippen LogP contribution in [0.25, 0.3) is 10.2 Å². The summed E-state index contributed by atoms with van der Waals surface area (Å²) in [7, 11) is 0. The number of carbonyl (C=O) groups excluding carboxylic acids is 1. The van der Waals surface area contributed by atoms with E-state index in [1.165, 1.54) is 11.8 Å². The number of hydrogen-bond acceptors (Lipinski definition) is 7. The first-order valence-corrected chi connectivity index (χ1v) is 9.72. The molecule has 0 aliphatic rings. The van der Waals surface area contributed by atoms with Crippen molar-refractivity contribution in [2.24, 2.45) is 0 Å². The van der Waals surface area contributed by atoms with Crippen molar-refractivity contribution in [1.29, 1.82) is 5.26 Å². The highest BCUT2D eigenvalue weighted by Gasteiger charge is 2.14. The summed E-state index contributed by atoms with van der Waals surface area (Å²) < 4.78 is 0. The molecule has 3 rings (SSSR count). The van der Waals surface area contributed by atoms with Crippen molar-refractivity contribution in [2.75, 3.05) is 16.8 Å². The SMILES string of the molecule is Cc1sc2nc(SCC(=O)Nc3ccc(C#N)c(Cl)c3)nc(N)c2c1C. The van der Waals surface area contributed by atoms with Crippen molar-refractivity contribution < 1.29 is 4.79 Å². The molecule has 0 bridgehead atoms. The van der Waals surface area contributed by atoms with Gasteiger partial charge < -0.3 is 11.1 Å². The molecule has 6 nitrogen and oxygen atoms in total. The molecule has 3 N–H and O–H groups in total. The molecule has 0 atom stereocenters. The van der Waals surface area contributed by atoms with Crippen LogP contribution in [-0.4, -0.2) is 21.6 Å². The number of aryl methyl sites for hydroxylation is 2. The number of halogens is 1. The molecule has 0 fully saturated rings. The van der Waals surface area contributed by atoms with E-state index in [1.807, 2.05) is 19.9 Å². The minimum Gasteiger partial charge on any atom is -0.383 e. The summed E-state index contributed by atoms with van der Waals surface area (Å²) >= 11 is 8.74. The number of nitrogens with two attached hydrogens (primary N) is 1. The number of nitrogens with one attached hydrogen (secondary N) is 1. The maximum atomic E-state index is 12.1. The molecule has 2 aromatic heterocycles. The Bertz CT molecular complexity index is 1060. The summed E-state index contributed by atoms with van der Waals surface area (Å²) in [6.07, 6.45) is 0. The second-order valence-electron chi connectivity index (χ2n) is 5.50. The third-order valence-electron chi connectivity index (χ3n) is 3.74. The normalized spacial score (nSPS) is 10.7. The molecule has 132 valence electrons. The lowest BCUT2D eigenvalue weighted by atomic mass is 10.2. The number of benzene rings is 1. The van der Waals surface area contributed by atoms with Gasteiger partial charge >= 0.3 is 0 Å². The van der Waals surface area contributed by atoms with E-state index in [9.17, 15) is 4.79 Å². The summed E-state index contributed by atoms with van der Waals surface area (Å²) in [6, 6.07) is 6.70. The summed E-state index contributed by atoms with van der Waals surface area (Å²) in [5, 5.41) is 13.2. The Labute approximate surface area is 163 Å². The highest BCUT2D eigenvalue weighted by atomic mass is 35.5. The second kappa shape index (κ2) is 7.50. The Kier molecular flexibility index (Phi) is 5.32. The van der Waals surface area contributed by atoms with Gasteiger partial charge in [-0.15, -0.1) is 11.3 Å². The molecule has 1 amide bonds. The Hall–Kier alpha value is -2.34. The lowest BCUT2D eigenvalue weighted by molar-refractivity contribution is -0.113. The number of amides is 1. The molecule has 0 aliphatic heterocycles. The number of nitriles is 1. The summed E-state index contributed by atoms with van der Waals surface area (Å²) in [5.74, 6) is 0.335. The van der Waals surface area contributed by atoms with Crippen LogP contribution in [0.15, 0.2) is 23.4 Å². The van der Waals surface area contributed by atoms with Gasteiger partial charge in [-0.05, 0) is 37.6 Å². The molecule has 26 heavy (non-hydrogen) atoms. The molecule has 9 heteroatoms. The third kappa shape index (κ3) is 3.75. The zero-order valence-corrected chi connectivity index (χ0v) is 16.3. The molecule has 2 heterocycles. The van der Waals surface area contributed by atoms with Gasteiger partial charge in [0.1, 0.15) is 16.7 Å². The van der Waals surface area contributed by atoms with Gasteiger partial charge in [-0.1, -0.05) is 23.4 Å². The molecular weight excluding hydrogens is 390 g/mol. The number of rotatable bonds is 4. The van der Waals surface area contributed by atoms with Crippen LogP contribution < -0.4 is 11.1 Å². The van der Waals surface area contributed by atoms with Crippen LogP contribution in [0, 0.1) is 25.2 Å². The molecule has 0 spiro atoms. The van der Waals surface area contributed by atoms with Gasteiger partial charge in [-0.2, -0.15) is 5.26 Å². The Morgan fingerprint density at radius 2 is 2.19 bits per heavy atom. The van der Waals surface area contributed by atoms with Gasteiger partial charge in [0.25, 0.3) is 0 Å². The molecule has 0 unspecified atom stereocenters. The average Bonchev–Trinajstić information content (AvgIpc) is 2.88. The van der Waals surface area contributed by atoms with E-state index >= 15 is 0 Å². The standard InChI is InChI=1S/C17H14ClN5OS2/c1-8-9(2)26-16-14(8)15(20)22-17(23-16)25-7-13(24)21-11-4-3-10(6-19)12(18)5-11/h3-5H,7H2,1-2H3,(H,21,24)(H2,20,22,23). The lowest BCUT2D eigenvalue weighted by Gasteiger charge is -2.06. The van der Waals surface area contributed by atoms with Crippen molar-refractivity contribution >= 4 is 62.3 Å². The molecular formula is C17H14ClN5OS2. The Morgan fingerprint density at radius 1 is 1.42 bits per heavy atom. The fourth-order valence-electron chi connectivity index (χ4n) is 2.34. The summed E-state index contributed by atoms with van der Waals surface area (Å²) in [4.78, 5) is 22.9. The lowest BCUT2D eigenvalue weighted by Crippen LogP contribution is -2.14. The number of aromatic nitrogens is 2. The number of anilines is 2. The smallest absolute Gasteiger partial charge is 0.234 e. The molecule has 0 radical (unpaired) electrons. The second-order valence-corrected chi connectivity index (χ2v) is 8.05. The van der Waals surface area contributed by atoms with E-state index in [4.69, 9.17) is 22.6 Å². The van der Waals surface area contributed by atoms with Crippen molar-refractivity contribution in [3.8, 4) is 6.07 Å². The fraction of sp³-hybridized carbons (Fsp3) is 0.176. The third-order valence-corrected chi connectivity index (χ3v) is 6.00. The topological polar surface area (TPSA) is 105 Å². The maximum Gasteiger partial charge on any atom is 0.234 e. The minimum absolute atomic E-state index is 0.131. The minimum atomic E-state index is -0.225. The maximum absolute atomic E-state index is 12.1. The number of nitrogen functional groups attached to an aromatic ring is 1. The molecule has 0 saturated heterocycles. The van der Waals surface area contributed by atoms with Crippen LogP contribution >= 0.6 is 34.7 Å². The van der Waals surface area contributed by atoms with Crippen LogP contribution in [0.4, 0.5) is 11.5 Å². The van der Waals surface area contributed by atoms with Gasteiger partial charge in [0.2, 0.25) is 5.91 Å². The zero-order chi connectivity index (χ0) is 18.8. The first-order valence-electron chi connectivity index (χ1n) is 7.54. The van der Waals surface area contributed by atoms with Crippen LogP contribution in [0.1, 0.15) is 16.0 Å². The van der Waals surface area contributed by atoms with E-state index < -0.39 is 0 Å². The highest BCUT2D eigenvalue weighted by molar-refractivity contribution is 7.99. The largest absolute Gasteiger partial charge is 0.383 e. The fourth-order valence-corrected chi connectivity index (χ4v) is 4.30. The Morgan fingerprint density at radius 3 is 2.88 bits per heavy atom. The van der Waals surface area contributed by atoms with Gasteiger partial charge in [-0.25, -0.2) is 9.97 Å². The Balaban J connectivity index is 1.69. The van der Waals surface area contributed by atoms with Gasteiger partial charge in [-0.3, -0.25) is 4.79 Å². The van der Waals surface area contributed by atoms with Gasteiger partial charge in [0.05, 0.1) is 21.7 Å². The summed E-state index contributed by atoms with van der Waals surface area (Å²) in [5.41, 5.74) is 8.02. The first-order chi connectivity index (χ1) is 12.4. The molecule has 1 aromatic carbocycles. The van der Waals surface area contributed by atoms with Crippen LogP contribution in [0.2, 0.25) is 5.02 Å². The van der Waals surface area contributed by atoms with Crippen molar-refractivity contribution in [2.45, 2.75) is 19.0 Å². The van der Waals surface area contributed by atoms with E-state index in [0.717, 1.165) is 20.7 Å². The zero-order valence-electron chi connectivity index (χ0n) is 14.0. The van der Waals surface area contributed by atoms with E-state index in [1.54, 1.807) is 29.5 Å². The predicted molar refractivity (Wildman–Crippen MR) is 107 cm³/mol. The molecule has 0 aliphatic carbocycles. The van der Waals surface area contributed by atoms with Crippen molar-refractivity contribution in [3.63, 3.8) is 0 Å². The predicted octanol–water partition coefficient (Wildman–Crippen LogP) is 4.15. The number of nitrogens with zero attached hydrogens (tertiary/aromatic N) is 3. The van der Waals surface area contributed by atoms with Crippen molar-refractivity contribution in [1.82, 2.24) is 9.97 Å². The van der Waals surface area contributed by atoms with E-state index in [2.05, 4.69) is 15.3 Å². The molecule has 3 aromatic rings. The number of carbonyl (C=O) groups is 1. The van der Waals surface area contributed by atoms with Crippen molar-refractivity contribution in [3.05, 3.63) is 39.2 Å². The van der Waals surface area contributed by atoms with Gasteiger partial charge in [0.15, 0.2) is 5.16 Å². The monoisotopic (exact) mass is 403 g/mol. The quantitative estimate of drug-likeness (QED) is 0.501. The van der Waals surface area contributed by atoms with E-state index in [0.29, 0.717) is 27.2 Å². The number of thioether (sulfide) groups is 1. The number of hydrogen-bond donors (Lipinski definition) is 2. The molecule has 0 saturated carbocycles. The first kappa shape index (κ1) is 18.5. The average molecular weight is 404 g/mol. The van der Waals surface area contributed by atoms with Crippen LogP contribution in [0.5, 0.6) is 0 Å². The van der Waals surface area contributed by atoms with Crippen LogP contribution in [-0.2, 0) is 4.79 Å². The van der Waals surface area contributed by atoms with E-state index in [-0.39, 0.29) is 11.7 Å². The number of fused-ring (bicyclic) bond motifs is 1. The van der Waals surface area contributed by atoms with Crippen LogP contribution in [0.3, 0.4) is 0 Å². The highest BCUT2D eigenvalue weighted by Crippen LogP contribution is 2.33. The number of thiophene rings is 1. The summed E-state index contributed by atoms with van der Waals surface area (Å²) in [6.45, 7) is 4.01.